The van der Waals surface area contributed by atoms with E-state index < -0.39 is 18.8 Å². The molecule has 8 heavy (non-hydrogen) atoms. The van der Waals surface area contributed by atoms with Gasteiger partial charge in [-0.2, -0.15) is 0 Å². The maximum Gasteiger partial charge on any atom is 0.102 e. The molecule has 0 aromatic rings. The first-order valence-corrected chi connectivity index (χ1v) is 2.53. The van der Waals surface area contributed by atoms with Crippen molar-refractivity contribution in [3.63, 3.8) is 0 Å². The predicted molar refractivity (Wildman–Crippen MR) is 25.2 cm³/mol. The summed E-state index contributed by atoms with van der Waals surface area (Å²) in [5.74, 6) is 0. The lowest BCUT2D eigenvalue weighted by atomic mass is 9.90. The molecular weight excluding hydrogens is 114 g/mol. The van der Waals surface area contributed by atoms with Gasteiger partial charge >= 0.3 is 0 Å². The summed E-state index contributed by atoms with van der Waals surface area (Å²) in [5, 5.41) is 0. The largest absolute Gasteiger partial charge is 0.380 e. The van der Waals surface area contributed by atoms with Crippen molar-refractivity contribution in [3.8, 4) is 0 Å². The first-order chi connectivity index (χ1) is 3.83. The summed E-state index contributed by atoms with van der Waals surface area (Å²) in [6.45, 7) is -0.688. The second-order valence-corrected chi connectivity index (χ2v) is 2.26. The van der Waals surface area contributed by atoms with Crippen LogP contribution in [0.3, 0.4) is 0 Å². The zero-order chi connectivity index (χ0) is 6.04. The molecule has 1 fully saturated rings. The molecule has 1 rings (SSSR count). The van der Waals surface area contributed by atoms with Crippen LogP contribution in [0.5, 0.6) is 0 Å². The van der Waals surface area contributed by atoms with Gasteiger partial charge in [0, 0.05) is 0 Å². The Kier molecular flexibility index (Phi) is 1.47. The molecule has 1 heterocycles. The van der Waals surface area contributed by atoms with Crippen molar-refractivity contribution in [1.82, 2.24) is 0 Å². The third-order valence-corrected chi connectivity index (χ3v) is 1.38. The zero-order valence-electron chi connectivity index (χ0n) is 4.49. The summed E-state index contributed by atoms with van der Waals surface area (Å²) in [6.07, 6.45) is 0. The maximum atomic E-state index is 11.8. The number of hydrogen-bond donors (Lipinski definition) is 0. The number of rotatable bonds is 2. The minimum absolute atomic E-state index is 0.250. The van der Waals surface area contributed by atoms with Crippen molar-refractivity contribution in [1.29, 1.82) is 0 Å². The van der Waals surface area contributed by atoms with Gasteiger partial charge in [-0.05, 0) is 0 Å². The lowest BCUT2D eigenvalue weighted by Gasteiger charge is -2.36. The van der Waals surface area contributed by atoms with Gasteiger partial charge < -0.3 is 4.74 Å². The van der Waals surface area contributed by atoms with Gasteiger partial charge in [0.25, 0.3) is 0 Å². The highest BCUT2D eigenvalue weighted by Crippen LogP contribution is 2.27. The third-order valence-electron chi connectivity index (χ3n) is 1.38. The quantitative estimate of drug-likeness (QED) is 0.529. The van der Waals surface area contributed by atoms with Crippen LogP contribution in [0.15, 0.2) is 0 Å². The summed E-state index contributed by atoms with van der Waals surface area (Å²) >= 11 is 0. The Morgan fingerprint density at radius 1 is 1.25 bits per heavy atom. The van der Waals surface area contributed by atoms with Gasteiger partial charge in [0.1, 0.15) is 13.3 Å². The second-order valence-electron chi connectivity index (χ2n) is 2.26. The molecule has 0 aromatic heterocycles. The first-order valence-electron chi connectivity index (χ1n) is 2.53. The lowest BCUT2D eigenvalue weighted by Crippen LogP contribution is -2.46. The van der Waals surface area contributed by atoms with Crippen LogP contribution in [0.25, 0.3) is 0 Å². The van der Waals surface area contributed by atoms with E-state index in [0.717, 1.165) is 0 Å². The lowest BCUT2D eigenvalue weighted by molar-refractivity contribution is -0.133. The van der Waals surface area contributed by atoms with Crippen LogP contribution in [0.4, 0.5) is 8.78 Å². The minimum atomic E-state index is -0.750. The standard InChI is InChI=1S/C5H8F2O/c6-1-5(2-7)3-8-4-5/h1-4H2. The van der Waals surface area contributed by atoms with Crippen molar-refractivity contribution in [2.24, 2.45) is 5.41 Å². The highest BCUT2D eigenvalue weighted by atomic mass is 19.1. The average Bonchev–Trinajstić information content (AvgIpc) is 1.67. The van der Waals surface area contributed by atoms with Crippen molar-refractivity contribution in [2.45, 2.75) is 0 Å². The number of halogens is 2. The molecule has 1 nitrogen and oxygen atoms in total. The molecule has 1 aliphatic heterocycles. The molecule has 0 unspecified atom stereocenters. The average molecular weight is 122 g/mol. The van der Waals surface area contributed by atoms with E-state index in [9.17, 15) is 8.78 Å². The van der Waals surface area contributed by atoms with Crippen LogP contribution in [0.2, 0.25) is 0 Å². The van der Waals surface area contributed by atoms with Gasteiger partial charge in [-0.15, -0.1) is 0 Å². The Morgan fingerprint density at radius 3 is 1.75 bits per heavy atom. The van der Waals surface area contributed by atoms with Gasteiger partial charge in [-0.25, -0.2) is 0 Å². The Bertz CT molecular complexity index is 67.0. The summed E-state index contributed by atoms with van der Waals surface area (Å²) < 4.78 is 28.2. The Morgan fingerprint density at radius 2 is 1.75 bits per heavy atom. The van der Waals surface area contributed by atoms with Gasteiger partial charge in [0.15, 0.2) is 0 Å². The van der Waals surface area contributed by atoms with Crippen molar-refractivity contribution in [3.05, 3.63) is 0 Å². The van der Waals surface area contributed by atoms with E-state index in [1.54, 1.807) is 0 Å². The van der Waals surface area contributed by atoms with Crippen molar-refractivity contribution < 1.29 is 13.5 Å². The van der Waals surface area contributed by atoms with Crippen LogP contribution < -0.4 is 0 Å². The fourth-order valence-corrected chi connectivity index (χ4v) is 0.581. The van der Waals surface area contributed by atoms with Crippen LogP contribution in [-0.2, 0) is 4.74 Å². The normalized spacial score (nSPS) is 24.8. The van der Waals surface area contributed by atoms with Crippen LogP contribution >= 0.6 is 0 Å². The van der Waals surface area contributed by atoms with Crippen LogP contribution in [0.1, 0.15) is 0 Å². The number of hydrogen-bond acceptors (Lipinski definition) is 1. The SMILES string of the molecule is FCC1(CF)COC1. The van der Waals surface area contributed by atoms with E-state index in [0.29, 0.717) is 0 Å². The summed E-state index contributed by atoms with van der Waals surface area (Å²) in [4.78, 5) is 0. The smallest absolute Gasteiger partial charge is 0.102 e. The van der Waals surface area contributed by atoms with E-state index in [1.807, 2.05) is 0 Å². The minimum Gasteiger partial charge on any atom is -0.380 e. The molecule has 0 saturated carbocycles. The number of alkyl halides is 2. The topological polar surface area (TPSA) is 9.23 Å². The molecule has 0 amide bonds. The fourth-order valence-electron chi connectivity index (χ4n) is 0.581. The molecular formula is C5H8F2O. The first kappa shape index (κ1) is 5.95. The fraction of sp³-hybridized carbons (Fsp3) is 1.00. The van der Waals surface area contributed by atoms with E-state index in [-0.39, 0.29) is 13.2 Å². The molecule has 0 spiro atoms. The zero-order valence-corrected chi connectivity index (χ0v) is 4.49. The van der Waals surface area contributed by atoms with E-state index in [1.165, 1.54) is 0 Å². The molecule has 0 aliphatic carbocycles. The third kappa shape index (κ3) is 0.708. The predicted octanol–water partition coefficient (Wildman–Crippen LogP) is 0.942. The summed E-state index contributed by atoms with van der Waals surface area (Å²) in [7, 11) is 0. The Labute approximate surface area is 46.6 Å². The molecule has 3 heteroatoms. The Hall–Kier alpha value is -0.180. The Balaban J connectivity index is 2.33. The molecule has 0 aromatic carbocycles. The van der Waals surface area contributed by atoms with Crippen LogP contribution in [0, 0.1) is 5.41 Å². The molecule has 0 N–H and O–H groups in total. The second kappa shape index (κ2) is 1.97. The molecule has 1 aliphatic rings. The highest BCUT2D eigenvalue weighted by Gasteiger charge is 2.38. The van der Waals surface area contributed by atoms with Gasteiger partial charge in [0.05, 0.1) is 18.6 Å². The molecule has 1 saturated heterocycles. The van der Waals surface area contributed by atoms with Crippen molar-refractivity contribution in [2.75, 3.05) is 26.6 Å². The van der Waals surface area contributed by atoms with E-state index >= 15 is 0 Å². The summed E-state index contributed by atoms with van der Waals surface area (Å²) in [6, 6.07) is 0. The number of ether oxygens (including phenoxy) is 1. The molecule has 0 bridgehead atoms. The van der Waals surface area contributed by atoms with Gasteiger partial charge in [0.2, 0.25) is 0 Å². The molecule has 0 radical (unpaired) electrons. The monoisotopic (exact) mass is 122 g/mol. The van der Waals surface area contributed by atoms with Gasteiger partial charge in [-0.3, -0.25) is 8.78 Å². The van der Waals surface area contributed by atoms with Crippen LogP contribution in [-0.4, -0.2) is 26.6 Å². The molecule has 0 atom stereocenters. The summed E-state index contributed by atoms with van der Waals surface area (Å²) in [5.41, 5.74) is -0.750. The van der Waals surface area contributed by atoms with Crippen molar-refractivity contribution >= 4 is 0 Å². The highest BCUT2D eigenvalue weighted by molar-refractivity contribution is 4.83. The van der Waals surface area contributed by atoms with E-state index in [4.69, 9.17) is 0 Å². The van der Waals surface area contributed by atoms with E-state index in [2.05, 4.69) is 4.74 Å². The van der Waals surface area contributed by atoms with Gasteiger partial charge in [-0.1, -0.05) is 0 Å². The molecule has 48 valence electrons. The maximum absolute atomic E-state index is 11.8.